The molecule has 0 radical (unpaired) electrons. The molecule has 146 valence electrons. The van der Waals surface area contributed by atoms with Crippen LogP contribution in [0.1, 0.15) is 25.8 Å². The van der Waals surface area contributed by atoms with Crippen molar-refractivity contribution in [3.63, 3.8) is 0 Å². The van der Waals surface area contributed by atoms with Crippen LogP contribution in [0.3, 0.4) is 0 Å². The second-order valence-corrected chi connectivity index (χ2v) is 7.94. The maximum absolute atomic E-state index is 12.5. The van der Waals surface area contributed by atoms with Gasteiger partial charge in [0.25, 0.3) is 0 Å². The van der Waals surface area contributed by atoms with E-state index in [-0.39, 0.29) is 18.2 Å². The van der Waals surface area contributed by atoms with E-state index in [1.165, 1.54) is 11.8 Å². The number of nitrogens with zero attached hydrogens (tertiary/aromatic N) is 2. The lowest BCUT2D eigenvalue weighted by molar-refractivity contribution is -0.140. The van der Waals surface area contributed by atoms with Crippen LogP contribution in [0.25, 0.3) is 0 Å². The number of benzene rings is 1. The number of thioether (sulfide) groups is 1. The van der Waals surface area contributed by atoms with Gasteiger partial charge in [0.05, 0.1) is 12.5 Å². The van der Waals surface area contributed by atoms with E-state index < -0.39 is 17.7 Å². The van der Waals surface area contributed by atoms with Crippen LogP contribution in [0, 0.1) is 5.92 Å². The SMILES string of the molecule is CC(C)C[C@H](NC(=O)Cc1ccccc1)C(=O)C(=O)N/N=C1\SCCN1C. The molecule has 2 amide bonds. The number of hydrazone groups is 1. The number of carbonyl (C=O) groups excluding carboxylic acids is 3. The Morgan fingerprint density at radius 3 is 2.52 bits per heavy atom. The average Bonchev–Trinajstić information content (AvgIpc) is 3.03. The zero-order valence-corrected chi connectivity index (χ0v) is 16.7. The van der Waals surface area contributed by atoms with Crippen molar-refractivity contribution in [3.8, 4) is 0 Å². The number of ketones is 1. The molecule has 27 heavy (non-hydrogen) atoms. The van der Waals surface area contributed by atoms with Crippen molar-refractivity contribution in [2.75, 3.05) is 19.3 Å². The number of carbonyl (C=O) groups is 3. The Morgan fingerprint density at radius 1 is 1.22 bits per heavy atom. The Balaban J connectivity index is 1.97. The number of hydrogen-bond donors (Lipinski definition) is 2. The molecule has 0 aromatic heterocycles. The van der Waals surface area contributed by atoms with Crippen molar-refractivity contribution in [1.29, 1.82) is 0 Å². The normalized spacial score (nSPS) is 16.4. The van der Waals surface area contributed by atoms with Crippen LogP contribution < -0.4 is 10.7 Å². The lowest BCUT2D eigenvalue weighted by atomic mass is 9.99. The molecule has 0 saturated carbocycles. The van der Waals surface area contributed by atoms with Gasteiger partial charge in [-0.15, -0.1) is 5.10 Å². The lowest BCUT2D eigenvalue weighted by Crippen LogP contribution is -2.48. The number of hydrogen-bond acceptors (Lipinski definition) is 5. The molecule has 0 bridgehead atoms. The summed E-state index contributed by atoms with van der Waals surface area (Å²) in [6, 6.07) is 8.40. The van der Waals surface area contributed by atoms with Crippen molar-refractivity contribution in [1.82, 2.24) is 15.6 Å². The molecule has 0 spiro atoms. The van der Waals surface area contributed by atoms with Gasteiger partial charge < -0.3 is 10.2 Å². The summed E-state index contributed by atoms with van der Waals surface area (Å²) in [5.74, 6) is -0.740. The van der Waals surface area contributed by atoms with Crippen molar-refractivity contribution in [3.05, 3.63) is 35.9 Å². The van der Waals surface area contributed by atoms with E-state index in [4.69, 9.17) is 0 Å². The van der Waals surface area contributed by atoms with Gasteiger partial charge in [0.2, 0.25) is 11.7 Å². The summed E-state index contributed by atoms with van der Waals surface area (Å²) in [7, 11) is 1.87. The first kappa shape index (κ1) is 21.0. The Bertz CT molecular complexity index is 706. The highest BCUT2D eigenvalue weighted by molar-refractivity contribution is 8.14. The zero-order chi connectivity index (χ0) is 19.8. The molecule has 7 nitrogen and oxygen atoms in total. The van der Waals surface area contributed by atoms with E-state index in [0.29, 0.717) is 11.6 Å². The second kappa shape index (κ2) is 10.1. The number of amidine groups is 1. The maximum Gasteiger partial charge on any atom is 0.309 e. The van der Waals surface area contributed by atoms with Crippen LogP contribution in [-0.2, 0) is 20.8 Å². The Kier molecular flexibility index (Phi) is 7.84. The zero-order valence-electron chi connectivity index (χ0n) is 15.9. The highest BCUT2D eigenvalue weighted by atomic mass is 32.2. The highest BCUT2D eigenvalue weighted by Gasteiger charge is 2.28. The van der Waals surface area contributed by atoms with Gasteiger partial charge in [-0.2, -0.15) is 0 Å². The summed E-state index contributed by atoms with van der Waals surface area (Å²) < 4.78 is 0. The first-order valence-corrected chi connectivity index (χ1v) is 9.94. The van der Waals surface area contributed by atoms with Crippen molar-refractivity contribution in [2.24, 2.45) is 11.0 Å². The van der Waals surface area contributed by atoms with Crippen molar-refractivity contribution < 1.29 is 14.4 Å². The summed E-state index contributed by atoms with van der Waals surface area (Å²) >= 11 is 1.52. The minimum atomic E-state index is -0.865. The molecular weight excluding hydrogens is 364 g/mol. The summed E-state index contributed by atoms with van der Waals surface area (Å²) in [5.41, 5.74) is 3.17. The van der Waals surface area contributed by atoms with Crippen LogP contribution in [0.4, 0.5) is 0 Å². The lowest BCUT2D eigenvalue weighted by Gasteiger charge is -2.19. The summed E-state index contributed by atoms with van der Waals surface area (Å²) in [6.45, 7) is 4.72. The van der Waals surface area contributed by atoms with Gasteiger partial charge >= 0.3 is 5.91 Å². The van der Waals surface area contributed by atoms with E-state index in [9.17, 15) is 14.4 Å². The fourth-order valence-corrected chi connectivity index (χ4v) is 3.61. The van der Waals surface area contributed by atoms with Crippen LogP contribution in [-0.4, -0.2) is 53.1 Å². The van der Waals surface area contributed by atoms with E-state index in [2.05, 4.69) is 15.8 Å². The number of nitrogens with one attached hydrogen (secondary N) is 2. The van der Waals surface area contributed by atoms with Gasteiger partial charge in [-0.3, -0.25) is 14.4 Å². The predicted molar refractivity (Wildman–Crippen MR) is 107 cm³/mol. The van der Waals surface area contributed by atoms with Crippen molar-refractivity contribution in [2.45, 2.75) is 32.7 Å². The summed E-state index contributed by atoms with van der Waals surface area (Å²) in [5, 5.41) is 7.38. The van der Waals surface area contributed by atoms with Gasteiger partial charge in [0, 0.05) is 19.3 Å². The van der Waals surface area contributed by atoms with Gasteiger partial charge in [0.15, 0.2) is 5.17 Å². The smallest absolute Gasteiger partial charge is 0.309 e. The van der Waals surface area contributed by atoms with Crippen molar-refractivity contribution >= 4 is 34.5 Å². The molecule has 0 unspecified atom stereocenters. The molecule has 1 atom stereocenters. The van der Waals surface area contributed by atoms with Gasteiger partial charge in [-0.1, -0.05) is 55.9 Å². The maximum atomic E-state index is 12.5. The fraction of sp³-hybridized carbons (Fsp3) is 0.474. The van der Waals surface area contributed by atoms with Gasteiger partial charge in [0.1, 0.15) is 0 Å². The van der Waals surface area contributed by atoms with Crippen LogP contribution in [0.15, 0.2) is 35.4 Å². The Hall–Kier alpha value is -2.35. The summed E-state index contributed by atoms with van der Waals surface area (Å²) in [6.07, 6.45) is 0.548. The second-order valence-electron chi connectivity index (χ2n) is 6.88. The number of rotatable bonds is 8. The molecule has 1 aliphatic rings. The minimum Gasteiger partial charge on any atom is -0.352 e. The standard InChI is InChI=1S/C19H26N4O3S/c1-13(2)11-15(20-16(24)12-14-7-5-4-6-8-14)17(25)18(26)21-22-19-23(3)9-10-27-19/h4-8,13,15H,9-12H2,1-3H3,(H,20,24)(H,21,26)/b22-19-/t15-/m0/s1. The van der Waals surface area contributed by atoms with E-state index in [1.54, 1.807) is 0 Å². The molecule has 1 aromatic rings. The van der Waals surface area contributed by atoms with E-state index in [0.717, 1.165) is 17.9 Å². The van der Waals surface area contributed by atoms with Crippen LogP contribution >= 0.6 is 11.8 Å². The fourth-order valence-electron chi connectivity index (χ4n) is 2.64. The number of Topliss-reactive ketones (excluding diaryl/α,β-unsaturated/α-hetero) is 1. The molecule has 1 fully saturated rings. The largest absolute Gasteiger partial charge is 0.352 e. The molecule has 8 heteroatoms. The van der Waals surface area contributed by atoms with Gasteiger partial charge in [-0.25, -0.2) is 5.43 Å². The number of amides is 2. The molecular formula is C19H26N4O3S. The molecule has 2 N–H and O–H groups in total. The predicted octanol–water partition coefficient (Wildman–Crippen LogP) is 1.39. The topological polar surface area (TPSA) is 90.9 Å². The first-order valence-electron chi connectivity index (χ1n) is 8.96. The third-order valence-corrected chi connectivity index (χ3v) is 5.08. The minimum absolute atomic E-state index is 0.145. The molecule has 0 aliphatic carbocycles. The Labute approximate surface area is 164 Å². The molecule has 1 saturated heterocycles. The first-order chi connectivity index (χ1) is 12.9. The molecule has 1 aromatic carbocycles. The van der Waals surface area contributed by atoms with Crippen LogP contribution in [0.2, 0.25) is 0 Å². The highest BCUT2D eigenvalue weighted by Crippen LogP contribution is 2.15. The monoisotopic (exact) mass is 390 g/mol. The summed E-state index contributed by atoms with van der Waals surface area (Å²) in [4.78, 5) is 39.0. The van der Waals surface area contributed by atoms with Gasteiger partial charge in [-0.05, 0) is 17.9 Å². The third kappa shape index (κ3) is 6.71. The van der Waals surface area contributed by atoms with E-state index in [1.807, 2.05) is 56.1 Å². The molecule has 1 aliphatic heterocycles. The quantitative estimate of drug-likeness (QED) is 0.517. The molecule has 2 rings (SSSR count). The van der Waals surface area contributed by atoms with E-state index >= 15 is 0 Å². The average molecular weight is 391 g/mol. The molecule has 1 heterocycles. The Morgan fingerprint density at radius 2 is 1.93 bits per heavy atom. The van der Waals surface area contributed by atoms with Crippen LogP contribution in [0.5, 0.6) is 0 Å². The third-order valence-electron chi connectivity index (χ3n) is 4.03.